The Labute approximate surface area is 126 Å². The molecule has 0 amide bonds. The highest BCUT2D eigenvalue weighted by molar-refractivity contribution is 5.96. The Bertz CT molecular complexity index is 508. The summed E-state index contributed by atoms with van der Waals surface area (Å²) in [6.45, 7) is 0.813. The van der Waals surface area contributed by atoms with Crippen molar-refractivity contribution >= 4 is 17.3 Å². The van der Waals surface area contributed by atoms with Gasteiger partial charge in [0.25, 0.3) is 0 Å². The normalized spacial score (nSPS) is 17.0. The molecule has 1 saturated carbocycles. The third-order valence-corrected chi connectivity index (χ3v) is 4.54. The van der Waals surface area contributed by atoms with Crippen LogP contribution in [0.3, 0.4) is 0 Å². The van der Waals surface area contributed by atoms with Crippen molar-refractivity contribution in [3.05, 3.63) is 23.8 Å². The summed E-state index contributed by atoms with van der Waals surface area (Å²) in [5.41, 5.74) is 7.76. The number of rotatable bonds is 5. The molecule has 0 radical (unpaired) electrons. The predicted molar refractivity (Wildman–Crippen MR) is 85.6 cm³/mol. The molecule has 0 bridgehead atoms. The molecule has 116 valence electrons. The van der Waals surface area contributed by atoms with E-state index >= 15 is 0 Å². The quantitative estimate of drug-likeness (QED) is 0.644. The van der Waals surface area contributed by atoms with Gasteiger partial charge in [-0.2, -0.15) is 0 Å². The van der Waals surface area contributed by atoms with Crippen molar-refractivity contribution in [3.63, 3.8) is 0 Å². The number of ether oxygens (including phenoxy) is 1. The van der Waals surface area contributed by atoms with Crippen molar-refractivity contribution in [2.24, 2.45) is 0 Å². The van der Waals surface area contributed by atoms with Gasteiger partial charge in [0.15, 0.2) is 0 Å². The molecule has 1 aromatic carbocycles. The number of hydrogen-bond acceptors (Lipinski definition) is 5. The summed E-state index contributed by atoms with van der Waals surface area (Å²) in [4.78, 5) is 14.2. The average Bonchev–Trinajstić information content (AvgIpc) is 2.95. The molecule has 0 unspecified atom stereocenters. The molecule has 21 heavy (non-hydrogen) atoms. The van der Waals surface area contributed by atoms with E-state index in [-0.39, 0.29) is 11.5 Å². The van der Waals surface area contributed by atoms with Crippen molar-refractivity contribution in [2.75, 3.05) is 38.8 Å². The summed E-state index contributed by atoms with van der Waals surface area (Å²) in [6.07, 6.45) is 4.86. The number of benzene rings is 1. The Morgan fingerprint density at radius 1 is 1.38 bits per heavy atom. The molecule has 0 aromatic heterocycles. The van der Waals surface area contributed by atoms with Gasteiger partial charge in [-0.05, 0) is 45.1 Å². The summed E-state index contributed by atoms with van der Waals surface area (Å²) in [5.74, 6) is -0.366. The smallest absolute Gasteiger partial charge is 0.340 e. The van der Waals surface area contributed by atoms with Crippen LogP contribution >= 0.6 is 0 Å². The Balaban J connectivity index is 2.18. The summed E-state index contributed by atoms with van der Waals surface area (Å²) in [5, 5.41) is 3.42. The maximum Gasteiger partial charge on any atom is 0.340 e. The van der Waals surface area contributed by atoms with Crippen molar-refractivity contribution in [1.82, 2.24) is 4.90 Å². The molecule has 1 aliphatic rings. The highest BCUT2D eigenvalue weighted by atomic mass is 16.5. The lowest BCUT2D eigenvalue weighted by molar-refractivity contribution is 0.0601. The first-order valence-electron chi connectivity index (χ1n) is 7.38. The van der Waals surface area contributed by atoms with Crippen LogP contribution in [0, 0.1) is 0 Å². The number of esters is 1. The summed E-state index contributed by atoms with van der Waals surface area (Å²) < 4.78 is 4.83. The summed E-state index contributed by atoms with van der Waals surface area (Å²) >= 11 is 0. The molecule has 5 nitrogen and oxygen atoms in total. The lowest BCUT2D eigenvalue weighted by Crippen LogP contribution is -2.47. The lowest BCUT2D eigenvalue weighted by Gasteiger charge is -2.37. The molecule has 0 saturated heterocycles. The van der Waals surface area contributed by atoms with Gasteiger partial charge in [0.1, 0.15) is 0 Å². The number of nitrogens with zero attached hydrogens (tertiary/aromatic N) is 1. The van der Waals surface area contributed by atoms with Gasteiger partial charge in [-0.15, -0.1) is 0 Å². The fourth-order valence-electron chi connectivity index (χ4n) is 3.07. The number of hydrogen-bond donors (Lipinski definition) is 2. The van der Waals surface area contributed by atoms with Crippen molar-refractivity contribution in [2.45, 2.75) is 31.2 Å². The van der Waals surface area contributed by atoms with Crippen LogP contribution in [-0.4, -0.2) is 44.2 Å². The lowest BCUT2D eigenvalue weighted by atomic mass is 9.95. The fourth-order valence-corrected chi connectivity index (χ4v) is 3.07. The molecule has 0 aliphatic heterocycles. The molecular weight excluding hydrogens is 266 g/mol. The van der Waals surface area contributed by atoms with Crippen LogP contribution in [0.25, 0.3) is 0 Å². The van der Waals surface area contributed by atoms with E-state index in [0.29, 0.717) is 11.3 Å². The van der Waals surface area contributed by atoms with Gasteiger partial charge in [0.2, 0.25) is 0 Å². The third-order valence-electron chi connectivity index (χ3n) is 4.54. The second kappa shape index (κ2) is 6.35. The first-order chi connectivity index (χ1) is 9.98. The second-order valence-corrected chi connectivity index (χ2v) is 5.98. The van der Waals surface area contributed by atoms with E-state index in [1.54, 1.807) is 12.1 Å². The van der Waals surface area contributed by atoms with Gasteiger partial charge in [-0.3, -0.25) is 0 Å². The molecular formula is C16H25N3O2. The molecule has 2 rings (SSSR count). The molecule has 1 aromatic rings. The molecule has 3 N–H and O–H groups in total. The zero-order chi connectivity index (χ0) is 15.5. The van der Waals surface area contributed by atoms with Crippen LogP contribution in [0.2, 0.25) is 0 Å². The number of anilines is 2. The number of methoxy groups -OCH3 is 1. The van der Waals surface area contributed by atoms with E-state index in [1.165, 1.54) is 32.8 Å². The Hall–Kier alpha value is -1.75. The number of nitrogen functional groups attached to an aromatic ring is 1. The monoisotopic (exact) mass is 291 g/mol. The third kappa shape index (κ3) is 3.29. The molecule has 5 heteroatoms. The van der Waals surface area contributed by atoms with E-state index in [1.807, 2.05) is 6.07 Å². The Morgan fingerprint density at radius 3 is 2.62 bits per heavy atom. The number of carbonyl (C=O) groups excluding carboxylic acids is 1. The number of likely N-dealkylation sites (N-methyl/N-ethyl adjacent to an activating group) is 1. The molecule has 0 atom stereocenters. The van der Waals surface area contributed by atoms with E-state index in [2.05, 4.69) is 24.3 Å². The average molecular weight is 291 g/mol. The molecule has 0 spiro atoms. The van der Waals surface area contributed by atoms with Crippen molar-refractivity contribution in [1.29, 1.82) is 0 Å². The molecule has 0 heterocycles. The van der Waals surface area contributed by atoms with E-state index in [9.17, 15) is 4.79 Å². The van der Waals surface area contributed by atoms with Crippen molar-refractivity contribution in [3.8, 4) is 0 Å². The Morgan fingerprint density at radius 2 is 2.05 bits per heavy atom. The van der Waals surface area contributed by atoms with Crippen LogP contribution < -0.4 is 11.1 Å². The fraction of sp³-hybridized carbons (Fsp3) is 0.562. The van der Waals surface area contributed by atoms with E-state index in [0.717, 1.165) is 12.2 Å². The van der Waals surface area contributed by atoms with Gasteiger partial charge < -0.3 is 20.7 Å². The van der Waals surface area contributed by atoms with Gasteiger partial charge in [-0.25, -0.2) is 4.79 Å². The highest BCUT2D eigenvalue weighted by Gasteiger charge is 2.35. The SMILES string of the molecule is COC(=O)c1cc(N)ccc1NCC1(N(C)C)CCCC1. The predicted octanol–water partition coefficient (Wildman–Crippen LogP) is 2.34. The van der Waals surface area contributed by atoms with Crippen LogP contribution in [0.1, 0.15) is 36.0 Å². The molecule has 1 fully saturated rings. The minimum absolute atomic E-state index is 0.161. The van der Waals surface area contributed by atoms with Crippen LogP contribution in [-0.2, 0) is 4.74 Å². The Kier molecular flexibility index (Phi) is 4.73. The number of nitrogens with one attached hydrogen (secondary N) is 1. The van der Waals surface area contributed by atoms with Gasteiger partial charge >= 0.3 is 5.97 Å². The minimum Gasteiger partial charge on any atom is -0.465 e. The number of carbonyl (C=O) groups is 1. The van der Waals surface area contributed by atoms with Crippen LogP contribution in [0.5, 0.6) is 0 Å². The minimum atomic E-state index is -0.366. The maximum atomic E-state index is 11.9. The van der Waals surface area contributed by atoms with Gasteiger partial charge in [-0.1, -0.05) is 12.8 Å². The molecule has 1 aliphatic carbocycles. The first-order valence-corrected chi connectivity index (χ1v) is 7.38. The van der Waals surface area contributed by atoms with E-state index in [4.69, 9.17) is 10.5 Å². The van der Waals surface area contributed by atoms with Crippen LogP contribution in [0.4, 0.5) is 11.4 Å². The van der Waals surface area contributed by atoms with Gasteiger partial charge in [0, 0.05) is 23.5 Å². The maximum absolute atomic E-state index is 11.9. The first kappa shape index (κ1) is 15.6. The second-order valence-electron chi connectivity index (χ2n) is 5.98. The topological polar surface area (TPSA) is 67.6 Å². The van der Waals surface area contributed by atoms with Gasteiger partial charge in [0.05, 0.1) is 12.7 Å². The van der Waals surface area contributed by atoms with Crippen molar-refractivity contribution < 1.29 is 9.53 Å². The highest BCUT2D eigenvalue weighted by Crippen LogP contribution is 2.34. The van der Waals surface area contributed by atoms with Crippen LogP contribution in [0.15, 0.2) is 18.2 Å². The zero-order valence-electron chi connectivity index (χ0n) is 13.1. The van der Waals surface area contributed by atoms with E-state index < -0.39 is 0 Å². The standard InChI is InChI=1S/C16H25N3O2/c1-19(2)16(8-4-5-9-16)11-18-14-7-6-12(17)10-13(14)15(20)21-3/h6-7,10,18H,4-5,8-9,11,17H2,1-3H3. The zero-order valence-corrected chi connectivity index (χ0v) is 13.1. The largest absolute Gasteiger partial charge is 0.465 e. The summed E-state index contributed by atoms with van der Waals surface area (Å²) in [6, 6.07) is 5.30. The summed E-state index contributed by atoms with van der Waals surface area (Å²) in [7, 11) is 5.63. The number of nitrogens with two attached hydrogens (primary N) is 1.